The van der Waals surface area contributed by atoms with Crippen LogP contribution < -0.4 is 0 Å². The summed E-state index contributed by atoms with van der Waals surface area (Å²) in [6.07, 6.45) is 7.76. The van der Waals surface area contributed by atoms with Gasteiger partial charge in [0, 0.05) is 0 Å². The number of hydrogen-bond donors (Lipinski definition) is 0. The van der Waals surface area contributed by atoms with Crippen molar-refractivity contribution >= 4 is 24.5 Å². The van der Waals surface area contributed by atoms with E-state index in [0.717, 1.165) is 19.6 Å². The quantitative estimate of drug-likeness (QED) is 0.357. The van der Waals surface area contributed by atoms with Gasteiger partial charge in [-0.05, 0) is 0 Å². The molecule has 1 atom stereocenters. The van der Waals surface area contributed by atoms with E-state index < -0.39 is 24.0 Å². The zero-order chi connectivity index (χ0) is 20.5. The third kappa shape index (κ3) is 8.12. The number of nitrogens with zero attached hydrogens (tertiary/aromatic N) is 2. The van der Waals surface area contributed by atoms with Gasteiger partial charge >= 0.3 is 174 Å². The van der Waals surface area contributed by atoms with E-state index >= 15 is 0 Å². The first-order valence-electron chi connectivity index (χ1n) is 11.4. The van der Waals surface area contributed by atoms with Gasteiger partial charge in [0.1, 0.15) is 0 Å². The van der Waals surface area contributed by atoms with Crippen molar-refractivity contribution in [2.75, 3.05) is 26.7 Å². The van der Waals surface area contributed by atoms with Crippen LogP contribution in [0.25, 0.3) is 0 Å². The Bertz CT molecular complexity index is 415. The first-order chi connectivity index (χ1) is 12.7. The molecule has 0 radical (unpaired) electrons. The third-order valence-corrected chi connectivity index (χ3v) is 23.0. The van der Waals surface area contributed by atoms with Crippen LogP contribution in [-0.2, 0) is 4.74 Å². The van der Waals surface area contributed by atoms with Gasteiger partial charge in [0.05, 0.1) is 0 Å². The summed E-state index contributed by atoms with van der Waals surface area (Å²) in [6.45, 7) is 15.8. The van der Waals surface area contributed by atoms with E-state index in [0.29, 0.717) is 4.06 Å². The monoisotopic (exact) mass is 490 g/mol. The molecule has 1 heterocycles. The topological polar surface area (TPSA) is 32.8 Å². The van der Waals surface area contributed by atoms with Gasteiger partial charge in [0.2, 0.25) is 0 Å². The number of unbranched alkanes of at least 4 members (excludes halogenated alkanes) is 3. The Hall–Kier alpha value is 0.0287. The van der Waals surface area contributed by atoms with Crippen LogP contribution >= 0.6 is 0 Å². The molecule has 0 aromatic carbocycles. The molecule has 1 rings (SSSR count). The van der Waals surface area contributed by atoms with Crippen molar-refractivity contribution in [2.24, 2.45) is 0 Å². The molecule has 4 nitrogen and oxygen atoms in total. The minimum atomic E-state index is -2.56. The van der Waals surface area contributed by atoms with Gasteiger partial charge in [-0.2, -0.15) is 0 Å². The Morgan fingerprint density at radius 2 is 1.44 bits per heavy atom. The van der Waals surface area contributed by atoms with Crippen LogP contribution in [0.3, 0.4) is 0 Å². The second kappa shape index (κ2) is 11.9. The summed E-state index contributed by atoms with van der Waals surface area (Å²) in [5.74, 6) is 0. The standard InChI is InChI=1S/C10H19N2O2.3C4H9.Sn/c1-10(2,3)14-9(13)12-7-5-11(4)6-8-12;3*1-3-4-2;/h7H,5-6,8H2,1-4H3;3*1,3-4H2,2H3;. The zero-order valence-electron chi connectivity index (χ0n) is 19.3. The summed E-state index contributed by atoms with van der Waals surface area (Å²) in [5, 5.41) is 0. The summed E-state index contributed by atoms with van der Waals surface area (Å²) in [7, 11) is 2.23. The van der Waals surface area contributed by atoms with Crippen LogP contribution in [0.4, 0.5) is 4.79 Å². The maximum atomic E-state index is 13.1. The fourth-order valence-electron chi connectivity index (χ4n) is 4.44. The van der Waals surface area contributed by atoms with Gasteiger partial charge < -0.3 is 0 Å². The average molecular weight is 489 g/mol. The number of carbonyl (C=O) groups is 1. The predicted molar refractivity (Wildman–Crippen MR) is 119 cm³/mol. The Labute approximate surface area is 173 Å². The first-order valence-corrected chi connectivity index (χ1v) is 19.1. The summed E-state index contributed by atoms with van der Waals surface area (Å²) >= 11 is -2.56. The summed E-state index contributed by atoms with van der Waals surface area (Å²) in [6, 6.07) is 0. The van der Waals surface area contributed by atoms with Crippen LogP contribution in [0.2, 0.25) is 13.3 Å². The molecule has 1 fully saturated rings. The number of carbonyl (C=O) groups excluding carboxylic acids is 1. The Morgan fingerprint density at radius 3 is 1.85 bits per heavy atom. The molecule has 0 spiro atoms. The van der Waals surface area contributed by atoms with Crippen LogP contribution in [-0.4, -0.2) is 70.6 Å². The molecule has 160 valence electrons. The molecular weight excluding hydrogens is 443 g/mol. The van der Waals surface area contributed by atoms with Crippen LogP contribution in [0.5, 0.6) is 0 Å². The number of amides is 1. The van der Waals surface area contributed by atoms with Gasteiger partial charge in [-0.25, -0.2) is 0 Å². The van der Waals surface area contributed by atoms with Gasteiger partial charge in [0.25, 0.3) is 0 Å². The van der Waals surface area contributed by atoms with Crippen molar-refractivity contribution in [1.82, 2.24) is 9.80 Å². The van der Waals surface area contributed by atoms with E-state index in [1.165, 1.54) is 51.8 Å². The fourth-order valence-corrected chi connectivity index (χ4v) is 23.0. The molecule has 0 saturated carbocycles. The van der Waals surface area contributed by atoms with Crippen LogP contribution in [0.1, 0.15) is 80.1 Å². The SMILES string of the molecule is CCC[CH2][Sn]([CH2]CCC)([CH2]CCC)[CH]1CN(C)CCN1C(=O)OC(C)(C)C. The summed E-state index contributed by atoms with van der Waals surface area (Å²) in [5.41, 5.74) is -0.417. The van der Waals surface area contributed by atoms with E-state index in [9.17, 15) is 4.79 Å². The molecule has 1 aliphatic heterocycles. The Balaban J connectivity index is 3.20. The molecule has 0 aromatic rings. The molecular formula is C22H46N2O2Sn. The van der Waals surface area contributed by atoms with E-state index in [1.807, 2.05) is 20.8 Å². The third-order valence-electron chi connectivity index (χ3n) is 6.00. The van der Waals surface area contributed by atoms with E-state index in [1.54, 1.807) is 0 Å². The minimum absolute atomic E-state index is 0.0637. The zero-order valence-corrected chi connectivity index (χ0v) is 22.1. The second-order valence-electron chi connectivity index (χ2n) is 9.62. The van der Waals surface area contributed by atoms with E-state index in [2.05, 4.69) is 37.6 Å². The number of ether oxygens (including phenoxy) is 1. The molecule has 1 amide bonds. The Kier molecular flexibility index (Phi) is 11.0. The Morgan fingerprint density at radius 1 is 0.963 bits per heavy atom. The molecule has 1 unspecified atom stereocenters. The normalized spacial score (nSPS) is 19.4. The summed E-state index contributed by atoms with van der Waals surface area (Å²) in [4.78, 5) is 17.8. The molecule has 0 bridgehead atoms. The predicted octanol–water partition coefficient (Wildman–Crippen LogP) is 5.93. The first kappa shape index (κ1) is 25.1. The molecule has 27 heavy (non-hydrogen) atoms. The van der Waals surface area contributed by atoms with Gasteiger partial charge in [0.15, 0.2) is 0 Å². The van der Waals surface area contributed by atoms with Crippen LogP contribution in [0.15, 0.2) is 0 Å². The van der Waals surface area contributed by atoms with Gasteiger partial charge in [-0.3, -0.25) is 0 Å². The molecule has 1 aliphatic rings. The number of rotatable bonds is 10. The number of piperazine rings is 1. The molecule has 0 N–H and O–H groups in total. The summed E-state index contributed by atoms with van der Waals surface area (Å²) < 4.78 is 10.6. The van der Waals surface area contributed by atoms with Crippen molar-refractivity contribution in [3.63, 3.8) is 0 Å². The number of hydrogen-bond acceptors (Lipinski definition) is 3. The van der Waals surface area contributed by atoms with Gasteiger partial charge in [-0.15, -0.1) is 0 Å². The fraction of sp³-hybridized carbons (Fsp3) is 0.955. The van der Waals surface area contributed by atoms with Gasteiger partial charge in [-0.1, -0.05) is 0 Å². The van der Waals surface area contributed by atoms with Crippen molar-refractivity contribution in [3.8, 4) is 0 Å². The molecule has 1 saturated heterocycles. The molecule has 0 aliphatic carbocycles. The maximum absolute atomic E-state index is 13.1. The van der Waals surface area contributed by atoms with E-state index in [4.69, 9.17) is 4.74 Å². The van der Waals surface area contributed by atoms with E-state index in [-0.39, 0.29) is 6.09 Å². The van der Waals surface area contributed by atoms with Crippen molar-refractivity contribution in [1.29, 1.82) is 0 Å². The van der Waals surface area contributed by atoms with Crippen molar-refractivity contribution in [2.45, 2.75) is 103 Å². The van der Waals surface area contributed by atoms with Crippen molar-refractivity contribution in [3.05, 3.63) is 0 Å². The van der Waals surface area contributed by atoms with Crippen molar-refractivity contribution < 1.29 is 9.53 Å². The van der Waals surface area contributed by atoms with Crippen LogP contribution in [0, 0.1) is 0 Å². The second-order valence-corrected chi connectivity index (χ2v) is 23.6. The molecule has 0 aromatic heterocycles. The number of likely N-dealkylation sites (N-methyl/N-ethyl adjacent to an activating group) is 1. The molecule has 5 heteroatoms. The average Bonchev–Trinajstić information content (AvgIpc) is 2.60.